The number of methoxy groups -OCH3 is 1. The molecule has 0 aliphatic carbocycles. The van der Waals surface area contributed by atoms with Crippen LogP contribution in [0.2, 0.25) is 0 Å². The molecule has 3 aromatic rings. The monoisotopic (exact) mass is 395 g/mol. The van der Waals surface area contributed by atoms with Crippen LogP contribution >= 0.6 is 0 Å². The largest absolute Gasteiger partial charge is 0.496 e. The predicted molar refractivity (Wildman–Crippen MR) is 114 cm³/mol. The van der Waals surface area contributed by atoms with Crippen molar-refractivity contribution in [1.29, 1.82) is 0 Å². The van der Waals surface area contributed by atoms with E-state index < -0.39 is 0 Å². The van der Waals surface area contributed by atoms with E-state index in [-0.39, 0.29) is 6.29 Å². The maximum Gasteiger partial charge on any atom is 0.157 e. The number of rotatable bonds is 9. The maximum absolute atomic E-state index is 6.02. The zero-order valence-corrected chi connectivity index (χ0v) is 17.0. The zero-order chi connectivity index (χ0) is 19.9. The standard InChI is InChI=1S/C24H29NO4/c1-26-23-7-3-2-6-20(23)12-16-27-21-10-9-19-11-13-25(22(19)18-21)14-17-29-24-8-4-5-15-28-24/h2-3,6-7,9-11,13,18,24H,4-5,8,12,14-17H2,1H3. The molecular formula is C24H29NO4. The van der Waals surface area contributed by atoms with Crippen molar-refractivity contribution in [1.82, 2.24) is 4.57 Å². The van der Waals surface area contributed by atoms with Gasteiger partial charge in [0.2, 0.25) is 0 Å². The summed E-state index contributed by atoms with van der Waals surface area (Å²) in [6.07, 6.45) is 6.19. The second kappa shape index (κ2) is 9.81. The summed E-state index contributed by atoms with van der Waals surface area (Å²) in [7, 11) is 1.70. The number of benzene rings is 2. The van der Waals surface area contributed by atoms with Crippen LogP contribution in [0.5, 0.6) is 11.5 Å². The number of hydrogen-bond acceptors (Lipinski definition) is 4. The second-order valence-electron chi connectivity index (χ2n) is 7.31. The van der Waals surface area contributed by atoms with Crippen LogP contribution in [-0.2, 0) is 22.4 Å². The molecular weight excluding hydrogens is 366 g/mol. The summed E-state index contributed by atoms with van der Waals surface area (Å²) < 4.78 is 25.2. The average molecular weight is 395 g/mol. The van der Waals surface area contributed by atoms with Crippen molar-refractivity contribution in [3.63, 3.8) is 0 Å². The number of fused-ring (bicyclic) bond motifs is 1. The van der Waals surface area contributed by atoms with E-state index in [1.807, 2.05) is 24.3 Å². The smallest absolute Gasteiger partial charge is 0.157 e. The van der Waals surface area contributed by atoms with Gasteiger partial charge in [0.05, 0.1) is 25.8 Å². The first-order valence-corrected chi connectivity index (χ1v) is 10.4. The average Bonchev–Trinajstić information content (AvgIpc) is 3.17. The van der Waals surface area contributed by atoms with Gasteiger partial charge in [0.25, 0.3) is 0 Å². The Labute approximate surface area is 172 Å². The third kappa shape index (κ3) is 5.11. The lowest BCUT2D eigenvalue weighted by Gasteiger charge is -2.22. The first kappa shape index (κ1) is 19.8. The molecule has 154 valence electrons. The highest BCUT2D eigenvalue weighted by Gasteiger charge is 2.14. The molecule has 1 aliphatic heterocycles. The minimum Gasteiger partial charge on any atom is -0.496 e. The van der Waals surface area contributed by atoms with Gasteiger partial charge >= 0.3 is 0 Å². The Morgan fingerprint density at radius 3 is 2.86 bits per heavy atom. The van der Waals surface area contributed by atoms with Gasteiger partial charge in [-0.1, -0.05) is 18.2 Å². The fraction of sp³-hybridized carbons (Fsp3) is 0.417. The number of ether oxygens (including phenoxy) is 4. The van der Waals surface area contributed by atoms with E-state index in [1.54, 1.807) is 7.11 Å². The Bertz CT molecular complexity index is 914. The van der Waals surface area contributed by atoms with E-state index in [0.717, 1.165) is 55.0 Å². The van der Waals surface area contributed by atoms with E-state index in [1.165, 1.54) is 11.8 Å². The maximum atomic E-state index is 6.02. The predicted octanol–water partition coefficient (Wildman–Crippen LogP) is 4.81. The van der Waals surface area contributed by atoms with Crippen LogP contribution in [0.4, 0.5) is 0 Å². The van der Waals surface area contributed by atoms with Crippen LogP contribution in [0.1, 0.15) is 24.8 Å². The minimum atomic E-state index is -0.0422. The molecule has 1 aliphatic rings. The second-order valence-corrected chi connectivity index (χ2v) is 7.31. The Kier molecular flexibility index (Phi) is 6.70. The summed E-state index contributed by atoms with van der Waals surface area (Å²) in [6, 6.07) is 16.4. The lowest BCUT2D eigenvalue weighted by Crippen LogP contribution is -2.23. The molecule has 1 aromatic heterocycles. The van der Waals surface area contributed by atoms with E-state index in [2.05, 4.69) is 35.0 Å². The van der Waals surface area contributed by atoms with Crippen molar-refractivity contribution >= 4 is 10.9 Å². The van der Waals surface area contributed by atoms with Crippen molar-refractivity contribution < 1.29 is 18.9 Å². The third-order valence-corrected chi connectivity index (χ3v) is 5.35. The third-order valence-electron chi connectivity index (χ3n) is 5.35. The van der Waals surface area contributed by atoms with E-state index in [9.17, 15) is 0 Å². The molecule has 0 saturated carbocycles. The fourth-order valence-electron chi connectivity index (χ4n) is 3.76. The van der Waals surface area contributed by atoms with E-state index in [0.29, 0.717) is 13.2 Å². The van der Waals surface area contributed by atoms with Gasteiger partial charge in [-0.25, -0.2) is 0 Å². The van der Waals surface area contributed by atoms with Crippen molar-refractivity contribution in [3.05, 3.63) is 60.3 Å². The number of hydrogen-bond donors (Lipinski definition) is 0. The van der Waals surface area contributed by atoms with Gasteiger partial charge in [-0.05, 0) is 54.5 Å². The van der Waals surface area contributed by atoms with Crippen molar-refractivity contribution in [2.24, 2.45) is 0 Å². The summed E-state index contributed by atoms with van der Waals surface area (Å²) in [5, 5.41) is 1.20. The summed E-state index contributed by atoms with van der Waals surface area (Å²) in [4.78, 5) is 0. The van der Waals surface area contributed by atoms with Crippen LogP contribution in [0, 0.1) is 0 Å². The highest BCUT2D eigenvalue weighted by molar-refractivity contribution is 5.81. The van der Waals surface area contributed by atoms with E-state index >= 15 is 0 Å². The van der Waals surface area contributed by atoms with Crippen LogP contribution in [0.3, 0.4) is 0 Å². The van der Waals surface area contributed by atoms with Crippen molar-refractivity contribution in [3.8, 4) is 11.5 Å². The molecule has 1 fully saturated rings. The van der Waals surface area contributed by atoms with Crippen LogP contribution in [-0.4, -0.2) is 37.8 Å². The van der Waals surface area contributed by atoms with Gasteiger partial charge < -0.3 is 23.5 Å². The fourth-order valence-corrected chi connectivity index (χ4v) is 3.76. The van der Waals surface area contributed by atoms with Gasteiger partial charge in [0, 0.05) is 31.8 Å². The highest BCUT2D eigenvalue weighted by atomic mass is 16.7. The first-order chi connectivity index (χ1) is 14.3. The van der Waals surface area contributed by atoms with Crippen molar-refractivity contribution in [2.45, 2.75) is 38.5 Å². The molecule has 2 heterocycles. The van der Waals surface area contributed by atoms with Crippen LogP contribution < -0.4 is 9.47 Å². The van der Waals surface area contributed by atoms with Gasteiger partial charge in [-0.2, -0.15) is 0 Å². The molecule has 5 heteroatoms. The highest BCUT2D eigenvalue weighted by Crippen LogP contribution is 2.23. The minimum absolute atomic E-state index is 0.0422. The Morgan fingerprint density at radius 1 is 1.07 bits per heavy atom. The van der Waals surface area contributed by atoms with Gasteiger partial charge in [-0.15, -0.1) is 0 Å². The van der Waals surface area contributed by atoms with Crippen LogP contribution in [0.25, 0.3) is 10.9 Å². The molecule has 1 saturated heterocycles. The molecule has 4 rings (SSSR count). The van der Waals surface area contributed by atoms with Crippen LogP contribution in [0.15, 0.2) is 54.7 Å². The summed E-state index contributed by atoms with van der Waals surface area (Å²) in [6.45, 7) is 2.86. The molecule has 0 spiro atoms. The molecule has 0 radical (unpaired) electrons. The number of para-hydroxylation sites is 1. The topological polar surface area (TPSA) is 41.9 Å². The van der Waals surface area contributed by atoms with Gasteiger partial charge in [-0.3, -0.25) is 0 Å². The SMILES string of the molecule is COc1ccccc1CCOc1ccc2ccn(CCOC3CCCCO3)c2c1. The zero-order valence-electron chi connectivity index (χ0n) is 17.0. The van der Waals surface area contributed by atoms with Gasteiger partial charge in [0.1, 0.15) is 11.5 Å². The van der Waals surface area contributed by atoms with Crippen molar-refractivity contribution in [2.75, 3.05) is 26.9 Å². The molecule has 1 unspecified atom stereocenters. The normalized spacial score (nSPS) is 16.8. The molecule has 29 heavy (non-hydrogen) atoms. The van der Waals surface area contributed by atoms with E-state index in [4.69, 9.17) is 18.9 Å². The summed E-state index contributed by atoms with van der Waals surface area (Å²) in [5.41, 5.74) is 2.31. The Hall–Kier alpha value is -2.50. The number of aromatic nitrogens is 1. The molecule has 0 bridgehead atoms. The Morgan fingerprint density at radius 2 is 2.00 bits per heavy atom. The first-order valence-electron chi connectivity index (χ1n) is 10.4. The molecule has 0 N–H and O–H groups in total. The lowest BCUT2D eigenvalue weighted by molar-refractivity contribution is -0.163. The quantitative estimate of drug-likeness (QED) is 0.521. The number of nitrogens with zero attached hydrogens (tertiary/aromatic N) is 1. The Balaban J connectivity index is 1.33. The molecule has 5 nitrogen and oxygen atoms in total. The molecule has 0 amide bonds. The lowest BCUT2D eigenvalue weighted by atomic mass is 10.1. The van der Waals surface area contributed by atoms with Gasteiger partial charge in [0.15, 0.2) is 6.29 Å². The molecule has 2 aromatic carbocycles. The molecule has 1 atom stereocenters. The summed E-state index contributed by atoms with van der Waals surface area (Å²) in [5.74, 6) is 1.78. The summed E-state index contributed by atoms with van der Waals surface area (Å²) >= 11 is 0.